The minimum absolute atomic E-state index is 0.0444. The summed E-state index contributed by atoms with van der Waals surface area (Å²) >= 11 is 0. The smallest absolute Gasteiger partial charge is 0.242 e. The fraction of sp³-hybridized carbons (Fsp3) is 0.591. The van der Waals surface area contributed by atoms with Gasteiger partial charge in [-0.25, -0.2) is 0 Å². The summed E-state index contributed by atoms with van der Waals surface area (Å²) in [6.45, 7) is 5.25. The van der Waals surface area contributed by atoms with Crippen LogP contribution in [0.4, 0.5) is 5.69 Å². The molecular weight excluding hydrogens is 386 g/mol. The van der Waals surface area contributed by atoms with Crippen LogP contribution in [0.3, 0.4) is 0 Å². The van der Waals surface area contributed by atoms with Crippen molar-refractivity contribution < 1.29 is 23.9 Å². The van der Waals surface area contributed by atoms with Crippen molar-refractivity contribution in [1.82, 2.24) is 10.6 Å². The molecule has 0 unspecified atom stereocenters. The lowest BCUT2D eigenvalue weighted by atomic mass is 10.0. The molecule has 0 radical (unpaired) electrons. The molecule has 0 spiro atoms. The quantitative estimate of drug-likeness (QED) is 0.668. The maximum Gasteiger partial charge on any atom is 0.242 e. The van der Waals surface area contributed by atoms with Gasteiger partial charge in [-0.05, 0) is 43.0 Å². The molecule has 1 aromatic rings. The zero-order valence-corrected chi connectivity index (χ0v) is 17.8. The van der Waals surface area contributed by atoms with Crippen LogP contribution in [0.2, 0.25) is 0 Å². The summed E-state index contributed by atoms with van der Waals surface area (Å²) in [7, 11) is 1.58. The summed E-state index contributed by atoms with van der Waals surface area (Å²) in [6, 6.07) is 6.51. The van der Waals surface area contributed by atoms with E-state index in [-0.39, 0.29) is 36.2 Å². The van der Waals surface area contributed by atoms with Gasteiger partial charge in [0, 0.05) is 31.8 Å². The average molecular weight is 418 g/mol. The Kier molecular flexibility index (Phi) is 7.31. The number of anilines is 1. The molecule has 164 valence electrons. The molecule has 8 nitrogen and oxygen atoms in total. The Morgan fingerprint density at radius 3 is 2.60 bits per heavy atom. The van der Waals surface area contributed by atoms with E-state index in [1.165, 1.54) is 0 Å². The standard InChI is InChI=1S/C22H31N3O5/c1-14(2)20(22(28)23-12-18-5-4-10-30-18)24-21(27)15-11-19(26)25(13-15)16-6-8-17(29-3)9-7-16/h6-9,14-15,18,20H,4-5,10-13H2,1-3H3,(H,23,28)(H,24,27)/t15-,18-,20+/m1/s1. The van der Waals surface area contributed by atoms with Crippen molar-refractivity contribution in [3.05, 3.63) is 24.3 Å². The van der Waals surface area contributed by atoms with Gasteiger partial charge in [-0.3, -0.25) is 14.4 Å². The summed E-state index contributed by atoms with van der Waals surface area (Å²) in [4.78, 5) is 39.5. The van der Waals surface area contributed by atoms with Crippen LogP contribution < -0.4 is 20.3 Å². The Morgan fingerprint density at radius 2 is 2.00 bits per heavy atom. The van der Waals surface area contributed by atoms with Gasteiger partial charge in [0.2, 0.25) is 17.7 Å². The Labute approximate surface area is 177 Å². The highest BCUT2D eigenvalue weighted by molar-refractivity contribution is 6.01. The van der Waals surface area contributed by atoms with Crippen molar-refractivity contribution in [2.45, 2.75) is 45.3 Å². The van der Waals surface area contributed by atoms with E-state index < -0.39 is 12.0 Å². The molecule has 0 aromatic heterocycles. The minimum Gasteiger partial charge on any atom is -0.497 e. The van der Waals surface area contributed by atoms with Crippen molar-refractivity contribution in [2.75, 3.05) is 31.7 Å². The number of benzene rings is 1. The normalized spacial score (nSPS) is 22.3. The van der Waals surface area contributed by atoms with Crippen molar-refractivity contribution in [3.63, 3.8) is 0 Å². The number of hydrogen-bond donors (Lipinski definition) is 2. The van der Waals surface area contributed by atoms with Crippen LogP contribution in [0, 0.1) is 11.8 Å². The number of carbonyl (C=O) groups excluding carboxylic acids is 3. The molecular formula is C22H31N3O5. The minimum atomic E-state index is -0.649. The molecule has 2 heterocycles. The molecule has 2 aliphatic heterocycles. The molecule has 1 aromatic carbocycles. The van der Waals surface area contributed by atoms with E-state index in [4.69, 9.17) is 9.47 Å². The fourth-order valence-corrected chi connectivity index (χ4v) is 3.83. The van der Waals surface area contributed by atoms with Crippen molar-refractivity contribution in [2.24, 2.45) is 11.8 Å². The van der Waals surface area contributed by atoms with Gasteiger partial charge in [0.15, 0.2) is 0 Å². The molecule has 2 saturated heterocycles. The maximum absolute atomic E-state index is 12.8. The maximum atomic E-state index is 12.8. The number of ether oxygens (including phenoxy) is 2. The number of nitrogens with one attached hydrogen (secondary N) is 2. The third-order valence-corrected chi connectivity index (χ3v) is 5.65. The van der Waals surface area contributed by atoms with Crippen molar-refractivity contribution >= 4 is 23.4 Å². The Balaban J connectivity index is 1.57. The molecule has 3 amide bonds. The highest BCUT2D eigenvalue weighted by atomic mass is 16.5. The fourth-order valence-electron chi connectivity index (χ4n) is 3.83. The molecule has 0 aliphatic carbocycles. The SMILES string of the molecule is COc1ccc(N2C[C@H](C(=O)N[C@H](C(=O)NC[C@H]3CCCO3)C(C)C)CC2=O)cc1. The lowest BCUT2D eigenvalue weighted by Crippen LogP contribution is -2.52. The van der Waals surface area contributed by atoms with Crippen LogP contribution in [0.5, 0.6) is 5.75 Å². The number of carbonyl (C=O) groups is 3. The first-order chi connectivity index (χ1) is 14.4. The van der Waals surface area contributed by atoms with Crippen LogP contribution in [0.1, 0.15) is 33.1 Å². The molecule has 8 heteroatoms. The summed E-state index contributed by atoms with van der Waals surface area (Å²) in [6.07, 6.45) is 2.11. The number of nitrogens with zero attached hydrogens (tertiary/aromatic N) is 1. The highest BCUT2D eigenvalue weighted by Crippen LogP contribution is 2.27. The van der Waals surface area contributed by atoms with Crippen LogP contribution in [-0.2, 0) is 19.1 Å². The lowest BCUT2D eigenvalue weighted by molar-refractivity contribution is -0.132. The predicted molar refractivity (Wildman–Crippen MR) is 112 cm³/mol. The molecule has 0 saturated carbocycles. The molecule has 3 rings (SSSR count). The second kappa shape index (κ2) is 9.93. The van der Waals surface area contributed by atoms with Gasteiger partial charge in [0.05, 0.1) is 19.1 Å². The van der Waals surface area contributed by atoms with Gasteiger partial charge in [0.25, 0.3) is 0 Å². The number of hydrogen-bond acceptors (Lipinski definition) is 5. The van der Waals surface area contributed by atoms with Crippen LogP contribution in [-0.4, -0.2) is 56.7 Å². The van der Waals surface area contributed by atoms with E-state index in [2.05, 4.69) is 10.6 Å². The topological polar surface area (TPSA) is 97.0 Å². The van der Waals surface area contributed by atoms with Crippen molar-refractivity contribution in [3.8, 4) is 5.75 Å². The second-order valence-corrected chi connectivity index (χ2v) is 8.21. The van der Waals surface area contributed by atoms with Gasteiger partial charge >= 0.3 is 0 Å². The highest BCUT2D eigenvalue weighted by Gasteiger charge is 2.37. The Morgan fingerprint density at radius 1 is 1.27 bits per heavy atom. The van der Waals surface area contributed by atoms with Crippen LogP contribution in [0.25, 0.3) is 0 Å². The Bertz CT molecular complexity index is 759. The molecule has 30 heavy (non-hydrogen) atoms. The zero-order chi connectivity index (χ0) is 21.7. The lowest BCUT2D eigenvalue weighted by Gasteiger charge is -2.24. The summed E-state index contributed by atoms with van der Waals surface area (Å²) in [5.41, 5.74) is 0.728. The van der Waals surface area contributed by atoms with Crippen LogP contribution >= 0.6 is 0 Å². The van der Waals surface area contributed by atoms with E-state index in [9.17, 15) is 14.4 Å². The largest absolute Gasteiger partial charge is 0.497 e. The first-order valence-corrected chi connectivity index (χ1v) is 10.5. The van der Waals surface area contributed by atoms with E-state index >= 15 is 0 Å². The van der Waals surface area contributed by atoms with Gasteiger partial charge in [0.1, 0.15) is 11.8 Å². The first-order valence-electron chi connectivity index (χ1n) is 10.5. The third kappa shape index (κ3) is 5.30. The number of methoxy groups -OCH3 is 1. The molecule has 2 fully saturated rings. The summed E-state index contributed by atoms with van der Waals surface area (Å²) < 4.78 is 10.7. The van der Waals surface area contributed by atoms with Gasteiger partial charge in [-0.1, -0.05) is 13.8 Å². The molecule has 2 N–H and O–H groups in total. The predicted octanol–water partition coefficient (Wildman–Crippen LogP) is 1.48. The van der Waals surface area contributed by atoms with E-state index in [1.54, 1.807) is 36.3 Å². The average Bonchev–Trinajstić information content (AvgIpc) is 3.39. The Hall–Kier alpha value is -2.61. The first kappa shape index (κ1) is 22.1. The number of amides is 3. The van der Waals surface area contributed by atoms with Gasteiger partial charge in [-0.2, -0.15) is 0 Å². The third-order valence-electron chi connectivity index (χ3n) is 5.65. The monoisotopic (exact) mass is 417 g/mol. The molecule has 0 bridgehead atoms. The van der Waals surface area contributed by atoms with Gasteiger partial charge < -0.3 is 25.0 Å². The summed E-state index contributed by atoms with van der Waals surface area (Å²) in [5, 5.41) is 5.74. The van der Waals surface area contributed by atoms with Crippen molar-refractivity contribution in [1.29, 1.82) is 0 Å². The van der Waals surface area contributed by atoms with Crippen LogP contribution in [0.15, 0.2) is 24.3 Å². The van der Waals surface area contributed by atoms with E-state index in [0.29, 0.717) is 18.8 Å². The van der Waals surface area contributed by atoms with E-state index in [0.717, 1.165) is 25.1 Å². The zero-order valence-electron chi connectivity index (χ0n) is 17.8. The second-order valence-electron chi connectivity index (χ2n) is 8.21. The summed E-state index contributed by atoms with van der Waals surface area (Å²) in [5.74, 6) is -0.465. The molecule has 2 aliphatic rings. The molecule has 3 atom stereocenters. The van der Waals surface area contributed by atoms with E-state index in [1.807, 2.05) is 13.8 Å². The van der Waals surface area contributed by atoms with Gasteiger partial charge in [-0.15, -0.1) is 0 Å². The number of rotatable bonds is 8.